The number of rotatable bonds is 7. The van der Waals surface area contributed by atoms with Crippen molar-refractivity contribution in [2.75, 3.05) is 6.54 Å². The quantitative estimate of drug-likeness (QED) is 0.800. The van der Waals surface area contributed by atoms with Crippen molar-refractivity contribution in [3.05, 3.63) is 17.5 Å². The molecule has 0 aromatic carbocycles. The first kappa shape index (κ1) is 16.7. The average Bonchev–Trinajstić information content (AvgIpc) is 2.74. The number of hydrogen-bond donors (Lipinski definition) is 2. The maximum absolute atomic E-state index is 11.9. The summed E-state index contributed by atoms with van der Waals surface area (Å²) >= 11 is 0. The van der Waals surface area contributed by atoms with E-state index in [4.69, 9.17) is 0 Å². The SMILES string of the molecule is CC(C)CNC(=O)C(C)NCc1cn(C)nc1C(C)C. The van der Waals surface area contributed by atoms with Crippen LogP contribution in [0.3, 0.4) is 0 Å². The number of nitrogens with zero attached hydrogens (tertiary/aromatic N) is 2. The summed E-state index contributed by atoms with van der Waals surface area (Å²) in [7, 11) is 1.92. The van der Waals surface area contributed by atoms with Crippen molar-refractivity contribution in [1.82, 2.24) is 20.4 Å². The third-order valence-corrected chi connectivity index (χ3v) is 3.16. The van der Waals surface area contributed by atoms with E-state index in [1.165, 1.54) is 0 Å². The highest BCUT2D eigenvalue weighted by Gasteiger charge is 2.15. The smallest absolute Gasteiger partial charge is 0.236 e. The van der Waals surface area contributed by atoms with E-state index < -0.39 is 0 Å². The molecule has 5 nitrogen and oxygen atoms in total. The summed E-state index contributed by atoms with van der Waals surface area (Å²) in [6, 6.07) is -0.200. The van der Waals surface area contributed by atoms with Crippen LogP contribution in [-0.4, -0.2) is 28.3 Å². The Kier molecular flexibility index (Phi) is 6.20. The number of aromatic nitrogens is 2. The lowest BCUT2D eigenvalue weighted by atomic mass is 10.1. The van der Waals surface area contributed by atoms with E-state index in [0.717, 1.165) is 17.8 Å². The van der Waals surface area contributed by atoms with Crippen LogP contribution in [0.5, 0.6) is 0 Å². The van der Waals surface area contributed by atoms with Crippen molar-refractivity contribution in [1.29, 1.82) is 0 Å². The zero-order valence-corrected chi connectivity index (χ0v) is 13.5. The van der Waals surface area contributed by atoms with Crippen molar-refractivity contribution in [2.45, 2.75) is 53.1 Å². The lowest BCUT2D eigenvalue weighted by Crippen LogP contribution is -2.43. The topological polar surface area (TPSA) is 59.0 Å². The number of carbonyl (C=O) groups excluding carboxylic acids is 1. The number of carbonyl (C=O) groups is 1. The highest BCUT2D eigenvalue weighted by Crippen LogP contribution is 2.17. The normalized spacial score (nSPS) is 13.0. The van der Waals surface area contributed by atoms with E-state index >= 15 is 0 Å². The van der Waals surface area contributed by atoms with Crippen molar-refractivity contribution < 1.29 is 4.79 Å². The van der Waals surface area contributed by atoms with Gasteiger partial charge in [-0.3, -0.25) is 9.48 Å². The maximum Gasteiger partial charge on any atom is 0.236 e. The van der Waals surface area contributed by atoms with Crippen LogP contribution in [0.1, 0.15) is 51.8 Å². The van der Waals surface area contributed by atoms with E-state index in [2.05, 4.69) is 43.4 Å². The molecule has 1 unspecified atom stereocenters. The third kappa shape index (κ3) is 4.96. The fourth-order valence-corrected chi connectivity index (χ4v) is 1.99. The summed E-state index contributed by atoms with van der Waals surface area (Å²) in [5, 5.41) is 10.7. The minimum absolute atomic E-state index is 0.0497. The summed E-state index contributed by atoms with van der Waals surface area (Å²) in [5.41, 5.74) is 2.25. The summed E-state index contributed by atoms with van der Waals surface area (Å²) in [4.78, 5) is 11.9. The highest BCUT2D eigenvalue weighted by atomic mass is 16.2. The molecular weight excluding hydrogens is 252 g/mol. The van der Waals surface area contributed by atoms with Crippen LogP contribution >= 0.6 is 0 Å². The van der Waals surface area contributed by atoms with Crippen molar-refractivity contribution in [2.24, 2.45) is 13.0 Å². The Morgan fingerprint density at radius 2 is 1.95 bits per heavy atom. The monoisotopic (exact) mass is 280 g/mol. The van der Waals surface area contributed by atoms with Gasteiger partial charge in [0.15, 0.2) is 0 Å². The molecule has 0 bridgehead atoms. The second kappa shape index (κ2) is 7.43. The Morgan fingerprint density at radius 3 is 2.50 bits per heavy atom. The van der Waals surface area contributed by atoms with E-state index in [1.807, 2.05) is 24.9 Å². The van der Waals surface area contributed by atoms with Gasteiger partial charge in [-0.25, -0.2) is 0 Å². The highest BCUT2D eigenvalue weighted by molar-refractivity contribution is 5.81. The van der Waals surface area contributed by atoms with E-state index in [9.17, 15) is 4.79 Å². The Morgan fingerprint density at radius 1 is 1.30 bits per heavy atom. The molecule has 0 aliphatic carbocycles. The van der Waals surface area contributed by atoms with Gasteiger partial charge < -0.3 is 10.6 Å². The predicted octanol–water partition coefficient (Wildman–Crippen LogP) is 1.79. The van der Waals surface area contributed by atoms with Crippen molar-refractivity contribution in [3.8, 4) is 0 Å². The zero-order valence-electron chi connectivity index (χ0n) is 13.5. The van der Waals surface area contributed by atoms with Crippen LogP contribution in [0.4, 0.5) is 0 Å². The summed E-state index contributed by atoms with van der Waals surface area (Å²) in [6.07, 6.45) is 2.01. The number of hydrogen-bond acceptors (Lipinski definition) is 3. The summed E-state index contributed by atoms with van der Waals surface area (Å²) < 4.78 is 1.83. The number of amides is 1. The lowest BCUT2D eigenvalue weighted by Gasteiger charge is -2.15. The van der Waals surface area contributed by atoms with Gasteiger partial charge in [0, 0.05) is 31.9 Å². The molecule has 0 aliphatic rings. The zero-order chi connectivity index (χ0) is 15.3. The second-order valence-electron chi connectivity index (χ2n) is 6.11. The molecule has 1 rings (SSSR count). The molecule has 0 saturated carbocycles. The molecule has 20 heavy (non-hydrogen) atoms. The first-order valence-electron chi connectivity index (χ1n) is 7.34. The van der Waals surface area contributed by atoms with Gasteiger partial charge >= 0.3 is 0 Å². The molecule has 0 saturated heterocycles. The molecular formula is C15H28N4O. The molecule has 0 aliphatic heterocycles. The fraction of sp³-hybridized carbons (Fsp3) is 0.733. The Balaban J connectivity index is 2.52. The molecule has 1 aromatic heterocycles. The molecule has 1 atom stereocenters. The molecule has 2 N–H and O–H groups in total. The standard InChI is InChI=1S/C15H28N4O/c1-10(2)7-17-15(20)12(5)16-8-13-9-19(6)18-14(13)11(3)4/h9-12,16H,7-8H2,1-6H3,(H,17,20). The Bertz CT molecular complexity index is 437. The Labute approximate surface area is 122 Å². The molecule has 0 fully saturated rings. The van der Waals surface area contributed by atoms with E-state index in [1.54, 1.807) is 0 Å². The van der Waals surface area contributed by atoms with Crippen LogP contribution in [0.15, 0.2) is 6.20 Å². The maximum atomic E-state index is 11.9. The first-order chi connectivity index (χ1) is 9.31. The van der Waals surface area contributed by atoms with Crippen LogP contribution < -0.4 is 10.6 Å². The van der Waals surface area contributed by atoms with Gasteiger partial charge in [-0.2, -0.15) is 5.10 Å². The van der Waals surface area contributed by atoms with Gasteiger partial charge in [0.2, 0.25) is 5.91 Å². The first-order valence-corrected chi connectivity index (χ1v) is 7.34. The van der Waals surface area contributed by atoms with Gasteiger partial charge in [0.1, 0.15) is 0 Å². The van der Waals surface area contributed by atoms with Gasteiger partial charge in [-0.05, 0) is 18.8 Å². The summed E-state index contributed by atoms with van der Waals surface area (Å²) in [6.45, 7) is 11.7. The molecule has 0 spiro atoms. The van der Waals surface area contributed by atoms with Gasteiger partial charge in [0.25, 0.3) is 0 Å². The molecule has 1 heterocycles. The largest absolute Gasteiger partial charge is 0.354 e. The molecule has 0 radical (unpaired) electrons. The molecule has 1 amide bonds. The van der Waals surface area contributed by atoms with Crippen molar-refractivity contribution in [3.63, 3.8) is 0 Å². The Hall–Kier alpha value is -1.36. The summed E-state index contributed by atoms with van der Waals surface area (Å²) in [5.74, 6) is 0.906. The molecule has 114 valence electrons. The van der Waals surface area contributed by atoms with Crippen LogP contribution in [0.2, 0.25) is 0 Å². The fourth-order valence-electron chi connectivity index (χ4n) is 1.99. The predicted molar refractivity (Wildman–Crippen MR) is 81.4 cm³/mol. The second-order valence-corrected chi connectivity index (χ2v) is 6.11. The van der Waals surface area contributed by atoms with Gasteiger partial charge in [-0.1, -0.05) is 27.7 Å². The van der Waals surface area contributed by atoms with Crippen molar-refractivity contribution >= 4 is 5.91 Å². The lowest BCUT2D eigenvalue weighted by molar-refractivity contribution is -0.122. The van der Waals surface area contributed by atoms with E-state index in [-0.39, 0.29) is 11.9 Å². The van der Waals surface area contributed by atoms with E-state index in [0.29, 0.717) is 18.4 Å². The minimum atomic E-state index is -0.200. The number of nitrogens with one attached hydrogen (secondary N) is 2. The number of aryl methyl sites for hydroxylation is 1. The van der Waals surface area contributed by atoms with Crippen LogP contribution in [-0.2, 0) is 18.4 Å². The average molecular weight is 280 g/mol. The minimum Gasteiger partial charge on any atom is -0.354 e. The molecule has 1 aromatic rings. The third-order valence-electron chi connectivity index (χ3n) is 3.16. The van der Waals surface area contributed by atoms with Gasteiger partial charge in [0.05, 0.1) is 11.7 Å². The van der Waals surface area contributed by atoms with Gasteiger partial charge in [-0.15, -0.1) is 0 Å². The van der Waals surface area contributed by atoms with Crippen LogP contribution in [0.25, 0.3) is 0 Å². The molecule has 5 heteroatoms. The van der Waals surface area contributed by atoms with Crippen LogP contribution in [0, 0.1) is 5.92 Å².